The third-order valence-corrected chi connectivity index (χ3v) is 3.84. The first-order valence-electron chi connectivity index (χ1n) is 6.59. The molecule has 1 saturated carbocycles. The molecule has 0 bridgehead atoms. The second kappa shape index (κ2) is 5.00. The predicted octanol–water partition coefficient (Wildman–Crippen LogP) is 2.83. The molecule has 0 aromatic rings. The van der Waals surface area contributed by atoms with Crippen LogP contribution in [0.5, 0.6) is 0 Å². The number of rotatable bonds is 5. The Bertz CT molecular complexity index is 217. The molecule has 2 heteroatoms. The van der Waals surface area contributed by atoms with Gasteiger partial charge >= 0.3 is 0 Å². The fourth-order valence-corrected chi connectivity index (χ4v) is 2.76. The Balaban J connectivity index is 1.79. The predicted molar refractivity (Wildman–Crippen MR) is 61.6 cm³/mol. The second-order valence-corrected chi connectivity index (χ2v) is 5.18. The van der Waals surface area contributed by atoms with E-state index in [0.29, 0.717) is 11.8 Å². The summed E-state index contributed by atoms with van der Waals surface area (Å²) in [7, 11) is 0. The number of amides is 1. The molecule has 1 heterocycles. The van der Waals surface area contributed by atoms with Crippen LogP contribution < -0.4 is 0 Å². The van der Waals surface area contributed by atoms with E-state index in [1.807, 2.05) is 0 Å². The maximum Gasteiger partial charge on any atom is 0.222 e. The number of hydrogen-bond acceptors (Lipinski definition) is 1. The van der Waals surface area contributed by atoms with E-state index in [1.54, 1.807) is 0 Å². The van der Waals surface area contributed by atoms with Gasteiger partial charge in [0.05, 0.1) is 0 Å². The Kier molecular flexibility index (Phi) is 3.66. The maximum absolute atomic E-state index is 12.0. The number of carbonyl (C=O) groups is 1. The van der Waals surface area contributed by atoms with Gasteiger partial charge in [-0.3, -0.25) is 4.79 Å². The molecule has 2 fully saturated rings. The summed E-state index contributed by atoms with van der Waals surface area (Å²) in [5.41, 5.74) is 0. The van der Waals surface area contributed by atoms with Crippen molar-refractivity contribution in [1.82, 2.24) is 4.90 Å². The summed E-state index contributed by atoms with van der Waals surface area (Å²) < 4.78 is 0. The van der Waals surface area contributed by atoms with Crippen molar-refractivity contribution >= 4 is 5.91 Å². The lowest BCUT2D eigenvalue weighted by Crippen LogP contribution is -2.29. The monoisotopic (exact) mass is 209 g/mol. The molecule has 0 radical (unpaired) electrons. The molecule has 1 aliphatic heterocycles. The molecule has 2 aliphatic rings. The molecule has 0 spiro atoms. The van der Waals surface area contributed by atoms with Gasteiger partial charge in [-0.25, -0.2) is 0 Å². The van der Waals surface area contributed by atoms with Crippen LogP contribution in [0.15, 0.2) is 0 Å². The van der Waals surface area contributed by atoms with Gasteiger partial charge in [0.2, 0.25) is 5.91 Å². The summed E-state index contributed by atoms with van der Waals surface area (Å²) in [6.45, 7) is 4.26. The van der Waals surface area contributed by atoms with Crippen LogP contribution in [0.4, 0.5) is 0 Å². The minimum Gasteiger partial charge on any atom is -0.343 e. The van der Waals surface area contributed by atoms with E-state index in [-0.39, 0.29) is 0 Å². The highest BCUT2D eigenvalue weighted by Crippen LogP contribution is 2.41. The molecular formula is C13H23NO. The normalized spacial score (nSPS) is 23.1. The van der Waals surface area contributed by atoms with Gasteiger partial charge in [-0.05, 0) is 43.9 Å². The van der Waals surface area contributed by atoms with Crippen LogP contribution >= 0.6 is 0 Å². The van der Waals surface area contributed by atoms with Crippen LogP contribution in [0.1, 0.15) is 51.9 Å². The van der Waals surface area contributed by atoms with E-state index in [2.05, 4.69) is 11.8 Å². The van der Waals surface area contributed by atoms with Gasteiger partial charge in [-0.2, -0.15) is 0 Å². The van der Waals surface area contributed by atoms with Crippen LogP contribution in [0, 0.1) is 11.8 Å². The summed E-state index contributed by atoms with van der Waals surface area (Å²) in [6.07, 6.45) is 8.49. The van der Waals surface area contributed by atoms with Crippen LogP contribution in [0.3, 0.4) is 0 Å². The van der Waals surface area contributed by atoms with Crippen LogP contribution in [-0.4, -0.2) is 23.9 Å². The molecule has 1 aliphatic carbocycles. The van der Waals surface area contributed by atoms with Gasteiger partial charge in [-0.15, -0.1) is 0 Å². The Morgan fingerprint density at radius 2 is 2.00 bits per heavy atom. The third kappa shape index (κ3) is 2.96. The van der Waals surface area contributed by atoms with Crippen molar-refractivity contribution < 1.29 is 4.79 Å². The summed E-state index contributed by atoms with van der Waals surface area (Å²) >= 11 is 0. The Labute approximate surface area is 93.0 Å². The van der Waals surface area contributed by atoms with Crippen molar-refractivity contribution in [3.05, 3.63) is 0 Å². The summed E-state index contributed by atoms with van der Waals surface area (Å²) in [5.74, 6) is 2.01. The van der Waals surface area contributed by atoms with Gasteiger partial charge < -0.3 is 4.90 Å². The summed E-state index contributed by atoms with van der Waals surface area (Å²) in [6, 6.07) is 0. The molecule has 86 valence electrons. The quantitative estimate of drug-likeness (QED) is 0.682. The minimum atomic E-state index is 0.429. The first-order valence-corrected chi connectivity index (χ1v) is 6.59. The van der Waals surface area contributed by atoms with Crippen molar-refractivity contribution in [2.24, 2.45) is 11.8 Å². The van der Waals surface area contributed by atoms with E-state index in [4.69, 9.17) is 0 Å². The van der Waals surface area contributed by atoms with Gasteiger partial charge in [-0.1, -0.05) is 13.3 Å². The van der Waals surface area contributed by atoms with E-state index in [0.717, 1.165) is 25.4 Å². The Morgan fingerprint density at radius 1 is 1.33 bits per heavy atom. The molecule has 0 aromatic carbocycles. The Hall–Kier alpha value is -0.530. The van der Waals surface area contributed by atoms with Crippen molar-refractivity contribution in [1.29, 1.82) is 0 Å². The standard InChI is InChI=1S/C13H23NO/c1-2-5-12(11-6-7-11)10-13(15)14-8-3-4-9-14/h11-12H,2-10H2,1H3. The van der Waals surface area contributed by atoms with Crippen LogP contribution in [0.2, 0.25) is 0 Å². The lowest BCUT2D eigenvalue weighted by molar-refractivity contribution is -0.131. The molecule has 2 rings (SSSR count). The molecule has 0 N–H and O–H groups in total. The molecule has 15 heavy (non-hydrogen) atoms. The highest BCUT2D eigenvalue weighted by Gasteiger charge is 2.33. The highest BCUT2D eigenvalue weighted by molar-refractivity contribution is 5.76. The second-order valence-electron chi connectivity index (χ2n) is 5.18. The van der Waals surface area contributed by atoms with E-state index < -0.39 is 0 Å². The molecule has 1 unspecified atom stereocenters. The summed E-state index contributed by atoms with van der Waals surface area (Å²) in [5, 5.41) is 0. The lowest BCUT2D eigenvalue weighted by atomic mass is 9.94. The van der Waals surface area contributed by atoms with Gasteiger partial charge in [0.25, 0.3) is 0 Å². The van der Waals surface area contributed by atoms with Crippen molar-refractivity contribution in [3.8, 4) is 0 Å². The first kappa shape index (κ1) is 11.0. The molecule has 1 saturated heterocycles. The first-order chi connectivity index (χ1) is 7.31. The van der Waals surface area contributed by atoms with Gasteiger partial charge in [0.1, 0.15) is 0 Å². The van der Waals surface area contributed by atoms with Crippen molar-refractivity contribution in [2.45, 2.75) is 51.9 Å². The molecule has 0 aromatic heterocycles. The molecule has 1 amide bonds. The third-order valence-electron chi connectivity index (χ3n) is 3.84. The number of hydrogen-bond donors (Lipinski definition) is 0. The van der Waals surface area contributed by atoms with E-state index in [1.165, 1.54) is 38.5 Å². The molecule has 1 atom stereocenters. The fraction of sp³-hybridized carbons (Fsp3) is 0.923. The zero-order valence-electron chi connectivity index (χ0n) is 9.87. The molecule has 2 nitrogen and oxygen atoms in total. The number of nitrogens with zero attached hydrogens (tertiary/aromatic N) is 1. The summed E-state index contributed by atoms with van der Waals surface area (Å²) in [4.78, 5) is 14.1. The van der Waals surface area contributed by atoms with Gasteiger partial charge in [0, 0.05) is 19.5 Å². The molecular weight excluding hydrogens is 186 g/mol. The topological polar surface area (TPSA) is 20.3 Å². The lowest BCUT2D eigenvalue weighted by Gasteiger charge is -2.20. The number of likely N-dealkylation sites (tertiary alicyclic amines) is 1. The SMILES string of the molecule is CCCC(CC(=O)N1CCCC1)C1CC1. The number of carbonyl (C=O) groups excluding carboxylic acids is 1. The zero-order chi connectivity index (χ0) is 10.7. The maximum atomic E-state index is 12.0. The minimum absolute atomic E-state index is 0.429. The van der Waals surface area contributed by atoms with Crippen molar-refractivity contribution in [3.63, 3.8) is 0 Å². The van der Waals surface area contributed by atoms with E-state index in [9.17, 15) is 4.79 Å². The average molecular weight is 209 g/mol. The zero-order valence-corrected chi connectivity index (χ0v) is 9.87. The fourth-order valence-electron chi connectivity index (χ4n) is 2.76. The van der Waals surface area contributed by atoms with Crippen LogP contribution in [0.25, 0.3) is 0 Å². The Morgan fingerprint density at radius 3 is 2.53 bits per heavy atom. The smallest absolute Gasteiger partial charge is 0.222 e. The average Bonchev–Trinajstić information content (AvgIpc) is 2.92. The van der Waals surface area contributed by atoms with Gasteiger partial charge in [0.15, 0.2) is 0 Å². The van der Waals surface area contributed by atoms with E-state index >= 15 is 0 Å². The van der Waals surface area contributed by atoms with Crippen molar-refractivity contribution in [2.75, 3.05) is 13.1 Å². The largest absolute Gasteiger partial charge is 0.343 e. The highest BCUT2D eigenvalue weighted by atomic mass is 16.2. The van der Waals surface area contributed by atoms with Crippen LogP contribution in [-0.2, 0) is 4.79 Å².